The number of likely N-dealkylation sites (N-methyl/N-ethyl adjacent to an activating group) is 1. The molecule has 0 heterocycles. The van der Waals surface area contributed by atoms with Crippen molar-refractivity contribution in [2.45, 2.75) is 25.3 Å². The molecule has 0 radical (unpaired) electrons. The number of rotatable bonds is 8. The van der Waals surface area contributed by atoms with Crippen molar-refractivity contribution in [3.63, 3.8) is 0 Å². The van der Waals surface area contributed by atoms with E-state index >= 15 is 0 Å². The zero-order valence-corrected chi connectivity index (χ0v) is 19.2. The Hall–Kier alpha value is -4.33. The number of benzene rings is 3. The average Bonchev–Trinajstić information content (AvgIpc) is 3.16. The predicted octanol–water partition coefficient (Wildman–Crippen LogP) is 4.13. The van der Waals surface area contributed by atoms with Gasteiger partial charge >= 0.3 is 12.1 Å². The number of anilines is 1. The number of phenolic OH excluding ortho intramolecular Hbond substituents is 1. The van der Waals surface area contributed by atoms with Gasteiger partial charge in [0.15, 0.2) is 0 Å². The van der Waals surface area contributed by atoms with Crippen molar-refractivity contribution in [1.82, 2.24) is 5.32 Å². The number of carboxylic acids is 1. The Morgan fingerprint density at radius 2 is 1.60 bits per heavy atom. The molecule has 3 aromatic rings. The Morgan fingerprint density at radius 3 is 2.17 bits per heavy atom. The van der Waals surface area contributed by atoms with Crippen molar-refractivity contribution in [1.29, 1.82) is 0 Å². The number of carboxylic acid groups (broad SMARTS) is 1. The van der Waals surface area contributed by atoms with Gasteiger partial charge in [-0.1, -0.05) is 54.6 Å². The van der Waals surface area contributed by atoms with Crippen LogP contribution < -0.4 is 10.2 Å². The summed E-state index contributed by atoms with van der Waals surface area (Å²) >= 11 is 0. The SMILES string of the molecule is CCN(C(=O)C(CC(=O)O)NC(=O)OCC1c2ccccc2-c2ccccc21)c1cccc(O)c1. The largest absolute Gasteiger partial charge is 0.508 e. The molecule has 0 aromatic heterocycles. The number of phenols is 1. The second-order valence-corrected chi connectivity index (χ2v) is 8.22. The van der Waals surface area contributed by atoms with Crippen LogP contribution in [0, 0.1) is 0 Å². The smallest absolute Gasteiger partial charge is 0.407 e. The van der Waals surface area contributed by atoms with Gasteiger partial charge in [-0.15, -0.1) is 0 Å². The summed E-state index contributed by atoms with van der Waals surface area (Å²) in [6.07, 6.45) is -1.49. The lowest BCUT2D eigenvalue weighted by Crippen LogP contribution is -2.50. The van der Waals surface area contributed by atoms with Gasteiger partial charge in [0.1, 0.15) is 18.4 Å². The number of alkyl carbamates (subject to hydrolysis) is 1. The maximum absolute atomic E-state index is 13.2. The number of carbonyl (C=O) groups excluding carboxylic acids is 2. The van der Waals surface area contributed by atoms with Crippen LogP contribution in [-0.2, 0) is 14.3 Å². The molecule has 3 aromatic carbocycles. The Labute approximate surface area is 202 Å². The molecule has 2 amide bonds. The number of aliphatic carboxylic acids is 1. The van der Waals surface area contributed by atoms with Gasteiger partial charge in [-0.25, -0.2) is 4.79 Å². The molecule has 0 saturated carbocycles. The number of carbonyl (C=O) groups is 3. The van der Waals surface area contributed by atoms with Gasteiger partial charge < -0.3 is 25.2 Å². The van der Waals surface area contributed by atoms with Crippen LogP contribution in [0.5, 0.6) is 5.75 Å². The fourth-order valence-electron chi connectivity index (χ4n) is 4.47. The first-order chi connectivity index (χ1) is 16.9. The molecule has 8 nitrogen and oxygen atoms in total. The Morgan fingerprint density at radius 1 is 0.971 bits per heavy atom. The van der Waals surface area contributed by atoms with Crippen molar-refractivity contribution in [3.8, 4) is 16.9 Å². The van der Waals surface area contributed by atoms with Gasteiger partial charge in [0.2, 0.25) is 5.91 Å². The summed E-state index contributed by atoms with van der Waals surface area (Å²) in [6.45, 7) is 1.97. The van der Waals surface area contributed by atoms with E-state index in [-0.39, 0.29) is 24.8 Å². The van der Waals surface area contributed by atoms with Crippen molar-refractivity contribution in [2.75, 3.05) is 18.1 Å². The van der Waals surface area contributed by atoms with Crippen molar-refractivity contribution >= 4 is 23.7 Å². The summed E-state index contributed by atoms with van der Waals surface area (Å²) in [7, 11) is 0. The highest BCUT2D eigenvalue weighted by Gasteiger charge is 2.31. The number of nitrogens with one attached hydrogen (secondary N) is 1. The molecule has 1 aliphatic rings. The van der Waals surface area contributed by atoms with E-state index in [1.54, 1.807) is 19.1 Å². The molecule has 0 aliphatic heterocycles. The van der Waals surface area contributed by atoms with Gasteiger partial charge in [-0.05, 0) is 41.3 Å². The minimum Gasteiger partial charge on any atom is -0.508 e. The number of hydrogen-bond donors (Lipinski definition) is 3. The molecule has 35 heavy (non-hydrogen) atoms. The number of fused-ring (bicyclic) bond motifs is 3. The molecular formula is C27H26N2O6. The van der Waals surface area contributed by atoms with Crippen LogP contribution in [0.2, 0.25) is 0 Å². The van der Waals surface area contributed by atoms with Gasteiger partial charge in [0.05, 0.1) is 6.42 Å². The van der Waals surface area contributed by atoms with Crippen molar-refractivity contribution in [3.05, 3.63) is 83.9 Å². The zero-order valence-electron chi connectivity index (χ0n) is 19.2. The third-order valence-electron chi connectivity index (χ3n) is 6.04. The van der Waals surface area contributed by atoms with E-state index in [1.807, 2.05) is 48.5 Å². The van der Waals surface area contributed by atoms with Gasteiger partial charge in [0.25, 0.3) is 0 Å². The van der Waals surface area contributed by atoms with Gasteiger partial charge in [0, 0.05) is 24.2 Å². The topological polar surface area (TPSA) is 116 Å². The first-order valence-corrected chi connectivity index (χ1v) is 11.3. The third kappa shape index (κ3) is 5.11. The molecular weight excluding hydrogens is 448 g/mol. The first kappa shape index (κ1) is 23.8. The number of ether oxygens (including phenoxy) is 1. The zero-order chi connectivity index (χ0) is 24.9. The average molecular weight is 475 g/mol. The van der Waals surface area contributed by atoms with E-state index in [9.17, 15) is 24.6 Å². The Bertz CT molecular complexity index is 1210. The highest BCUT2D eigenvalue weighted by molar-refractivity contribution is 6.00. The number of aromatic hydroxyl groups is 1. The van der Waals surface area contributed by atoms with Crippen LogP contribution in [-0.4, -0.2) is 47.4 Å². The molecule has 0 saturated heterocycles. The van der Waals surface area contributed by atoms with Crippen LogP contribution in [0.1, 0.15) is 30.4 Å². The lowest BCUT2D eigenvalue weighted by Gasteiger charge is -2.26. The molecule has 1 atom stereocenters. The minimum atomic E-state index is -1.34. The number of nitrogens with zero attached hydrogens (tertiary/aromatic N) is 1. The van der Waals surface area contributed by atoms with Gasteiger partial charge in [-0.3, -0.25) is 9.59 Å². The van der Waals surface area contributed by atoms with Gasteiger partial charge in [-0.2, -0.15) is 0 Å². The number of hydrogen-bond acceptors (Lipinski definition) is 5. The Kier molecular flexibility index (Phi) is 7.01. The second-order valence-electron chi connectivity index (χ2n) is 8.22. The fraction of sp³-hybridized carbons (Fsp3) is 0.222. The molecule has 180 valence electrons. The highest BCUT2D eigenvalue weighted by atomic mass is 16.5. The standard InChI is InChI=1S/C27H26N2O6/c1-2-29(17-8-7-9-18(30)14-17)26(33)24(15-25(31)32)28-27(34)35-16-23-21-12-5-3-10-19(21)20-11-4-6-13-22(20)23/h3-14,23-24,30H,2,15-16H2,1H3,(H,28,34)(H,31,32). The summed E-state index contributed by atoms with van der Waals surface area (Å²) in [4.78, 5) is 38.6. The summed E-state index contributed by atoms with van der Waals surface area (Å²) < 4.78 is 5.49. The molecule has 8 heteroatoms. The van der Waals surface area contributed by atoms with E-state index < -0.39 is 30.4 Å². The molecule has 0 bridgehead atoms. The van der Waals surface area contributed by atoms with Crippen LogP contribution in [0.25, 0.3) is 11.1 Å². The monoisotopic (exact) mass is 474 g/mol. The van der Waals surface area contributed by atoms with Crippen LogP contribution in [0.15, 0.2) is 72.8 Å². The normalized spacial score (nSPS) is 12.8. The fourth-order valence-corrected chi connectivity index (χ4v) is 4.47. The molecule has 0 fully saturated rings. The third-order valence-corrected chi connectivity index (χ3v) is 6.04. The summed E-state index contributed by atoms with van der Waals surface area (Å²) in [6, 6.07) is 20.5. The summed E-state index contributed by atoms with van der Waals surface area (Å²) in [5.41, 5.74) is 4.64. The van der Waals surface area contributed by atoms with E-state index in [0.717, 1.165) is 22.3 Å². The van der Waals surface area contributed by atoms with E-state index in [1.165, 1.54) is 17.0 Å². The van der Waals surface area contributed by atoms with E-state index in [0.29, 0.717) is 5.69 Å². The summed E-state index contributed by atoms with van der Waals surface area (Å²) in [5.74, 6) is -2.06. The highest BCUT2D eigenvalue weighted by Crippen LogP contribution is 2.44. The van der Waals surface area contributed by atoms with Crippen molar-refractivity contribution in [2.24, 2.45) is 0 Å². The van der Waals surface area contributed by atoms with Crippen LogP contribution in [0.3, 0.4) is 0 Å². The van der Waals surface area contributed by atoms with E-state index in [2.05, 4.69) is 5.32 Å². The van der Waals surface area contributed by atoms with Crippen LogP contribution in [0.4, 0.5) is 10.5 Å². The van der Waals surface area contributed by atoms with Crippen molar-refractivity contribution < 1.29 is 29.3 Å². The Balaban J connectivity index is 1.48. The second kappa shape index (κ2) is 10.3. The van der Waals surface area contributed by atoms with E-state index in [4.69, 9.17) is 4.74 Å². The first-order valence-electron chi connectivity index (χ1n) is 11.3. The minimum absolute atomic E-state index is 0.0342. The maximum Gasteiger partial charge on any atom is 0.407 e. The summed E-state index contributed by atoms with van der Waals surface area (Å²) in [5, 5.41) is 21.5. The maximum atomic E-state index is 13.2. The molecule has 1 aliphatic carbocycles. The quantitative estimate of drug-likeness (QED) is 0.452. The number of amides is 2. The lowest BCUT2D eigenvalue weighted by molar-refractivity contribution is -0.139. The molecule has 0 spiro atoms. The lowest BCUT2D eigenvalue weighted by atomic mass is 9.98. The molecule has 1 unspecified atom stereocenters. The predicted molar refractivity (Wildman–Crippen MR) is 130 cm³/mol. The molecule has 4 rings (SSSR count). The van der Waals surface area contributed by atoms with Crippen LogP contribution >= 0.6 is 0 Å². The molecule has 3 N–H and O–H groups in total.